The molecule has 1 saturated heterocycles. The molecule has 4 nitrogen and oxygen atoms in total. The summed E-state index contributed by atoms with van der Waals surface area (Å²) in [5.41, 5.74) is 1.17. The molecule has 0 aromatic heterocycles. The molecule has 0 aliphatic carbocycles. The number of likely N-dealkylation sites (tertiary alicyclic amines) is 1. The minimum Gasteiger partial charge on any atom is -0.493 e. The lowest BCUT2D eigenvalue weighted by atomic mass is 10.1. The van der Waals surface area contributed by atoms with Crippen molar-refractivity contribution >= 4 is 0 Å². The number of benzene rings is 1. The van der Waals surface area contributed by atoms with Gasteiger partial charge in [-0.3, -0.25) is 4.90 Å². The molecule has 1 aliphatic rings. The Morgan fingerprint density at radius 3 is 2.85 bits per heavy atom. The van der Waals surface area contributed by atoms with Crippen LogP contribution in [0.2, 0.25) is 0 Å². The Labute approximate surface area is 121 Å². The van der Waals surface area contributed by atoms with Crippen LogP contribution in [0.3, 0.4) is 0 Å². The minimum atomic E-state index is 0.285. The summed E-state index contributed by atoms with van der Waals surface area (Å²) in [5.74, 6) is 1.62. The highest BCUT2D eigenvalue weighted by molar-refractivity contribution is 5.46. The molecule has 0 amide bonds. The summed E-state index contributed by atoms with van der Waals surface area (Å²) in [5, 5.41) is 9.00. The summed E-state index contributed by atoms with van der Waals surface area (Å²) in [6.07, 6.45) is 4.42. The average Bonchev–Trinajstić information content (AvgIpc) is 2.92. The van der Waals surface area contributed by atoms with E-state index in [2.05, 4.69) is 11.0 Å². The maximum Gasteiger partial charge on any atom is 0.165 e. The van der Waals surface area contributed by atoms with Crippen LogP contribution >= 0.6 is 0 Å². The molecule has 0 bridgehead atoms. The number of methoxy groups -OCH3 is 2. The zero-order valence-electron chi connectivity index (χ0n) is 12.5. The molecule has 1 heterocycles. The van der Waals surface area contributed by atoms with Crippen molar-refractivity contribution in [3.8, 4) is 11.5 Å². The molecule has 20 heavy (non-hydrogen) atoms. The van der Waals surface area contributed by atoms with Crippen LogP contribution in [0, 0.1) is 0 Å². The van der Waals surface area contributed by atoms with Gasteiger partial charge in [-0.05, 0) is 38.3 Å². The Morgan fingerprint density at radius 2 is 2.15 bits per heavy atom. The Balaban J connectivity index is 2.09. The third-order valence-corrected chi connectivity index (χ3v) is 4.05. The molecule has 0 spiro atoms. The fourth-order valence-corrected chi connectivity index (χ4v) is 3.05. The number of hydrogen-bond donors (Lipinski definition) is 1. The minimum absolute atomic E-state index is 0.285. The van der Waals surface area contributed by atoms with Crippen LogP contribution in [0.15, 0.2) is 18.2 Å². The fraction of sp³-hybridized carbons (Fsp3) is 0.625. The van der Waals surface area contributed by atoms with Gasteiger partial charge in [0.1, 0.15) is 0 Å². The van der Waals surface area contributed by atoms with Gasteiger partial charge in [0.25, 0.3) is 0 Å². The number of rotatable bonds is 7. The maximum absolute atomic E-state index is 9.00. The summed E-state index contributed by atoms with van der Waals surface area (Å²) < 4.78 is 10.9. The van der Waals surface area contributed by atoms with Crippen LogP contribution in [0.5, 0.6) is 11.5 Å². The van der Waals surface area contributed by atoms with Crippen LogP contribution in [0.1, 0.15) is 31.2 Å². The van der Waals surface area contributed by atoms with Gasteiger partial charge in [0.05, 0.1) is 14.2 Å². The van der Waals surface area contributed by atoms with Crippen molar-refractivity contribution < 1.29 is 14.6 Å². The first-order valence-electron chi connectivity index (χ1n) is 7.35. The largest absolute Gasteiger partial charge is 0.493 e. The lowest BCUT2D eigenvalue weighted by Gasteiger charge is -2.25. The molecular formula is C16H25NO3. The van der Waals surface area contributed by atoms with Gasteiger partial charge < -0.3 is 14.6 Å². The summed E-state index contributed by atoms with van der Waals surface area (Å²) >= 11 is 0. The molecule has 0 saturated carbocycles. The van der Waals surface area contributed by atoms with Crippen molar-refractivity contribution in [1.82, 2.24) is 4.90 Å². The van der Waals surface area contributed by atoms with Crippen molar-refractivity contribution in [3.63, 3.8) is 0 Å². The highest BCUT2D eigenvalue weighted by Gasteiger charge is 2.25. The third-order valence-electron chi connectivity index (χ3n) is 4.05. The molecule has 1 aromatic rings. The van der Waals surface area contributed by atoms with Crippen LogP contribution in [0.25, 0.3) is 0 Å². The molecule has 1 atom stereocenters. The topological polar surface area (TPSA) is 41.9 Å². The van der Waals surface area contributed by atoms with Gasteiger partial charge in [-0.2, -0.15) is 0 Å². The van der Waals surface area contributed by atoms with E-state index in [1.54, 1.807) is 14.2 Å². The molecule has 4 heteroatoms. The highest BCUT2D eigenvalue weighted by atomic mass is 16.5. The Morgan fingerprint density at radius 1 is 1.30 bits per heavy atom. The quantitative estimate of drug-likeness (QED) is 0.832. The second-order valence-corrected chi connectivity index (χ2v) is 5.29. The zero-order chi connectivity index (χ0) is 14.4. The predicted octanol–water partition coefficient (Wildman–Crippen LogP) is 2.44. The van der Waals surface area contributed by atoms with E-state index in [0.29, 0.717) is 6.04 Å². The van der Waals surface area contributed by atoms with Crippen LogP contribution < -0.4 is 9.47 Å². The van der Waals surface area contributed by atoms with Gasteiger partial charge in [-0.1, -0.05) is 12.1 Å². The molecule has 0 radical (unpaired) electrons. The van der Waals surface area contributed by atoms with E-state index in [1.165, 1.54) is 18.4 Å². The van der Waals surface area contributed by atoms with Crippen LogP contribution in [-0.4, -0.2) is 43.4 Å². The van der Waals surface area contributed by atoms with E-state index in [-0.39, 0.29) is 6.61 Å². The Hall–Kier alpha value is -1.26. The molecule has 1 aliphatic heterocycles. The van der Waals surface area contributed by atoms with Crippen molar-refractivity contribution in [2.24, 2.45) is 0 Å². The summed E-state index contributed by atoms with van der Waals surface area (Å²) in [4.78, 5) is 2.49. The molecule has 1 aromatic carbocycles. The van der Waals surface area contributed by atoms with Gasteiger partial charge in [0, 0.05) is 24.8 Å². The number of ether oxygens (including phenoxy) is 2. The molecule has 1 fully saturated rings. The smallest absolute Gasteiger partial charge is 0.165 e. The van der Waals surface area contributed by atoms with E-state index < -0.39 is 0 Å². The molecule has 2 rings (SSSR count). The number of hydrogen-bond acceptors (Lipinski definition) is 4. The van der Waals surface area contributed by atoms with E-state index in [4.69, 9.17) is 14.6 Å². The van der Waals surface area contributed by atoms with Gasteiger partial charge in [0.2, 0.25) is 0 Å². The second-order valence-electron chi connectivity index (χ2n) is 5.29. The van der Waals surface area contributed by atoms with E-state index >= 15 is 0 Å². The lowest BCUT2D eigenvalue weighted by Crippen LogP contribution is -2.29. The first-order chi connectivity index (χ1) is 9.80. The van der Waals surface area contributed by atoms with Crippen molar-refractivity contribution in [2.75, 3.05) is 27.4 Å². The summed E-state index contributed by atoms with van der Waals surface area (Å²) in [7, 11) is 3.36. The fourth-order valence-electron chi connectivity index (χ4n) is 3.05. The first kappa shape index (κ1) is 15.1. The average molecular weight is 279 g/mol. The van der Waals surface area contributed by atoms with E-state index in [9.17, 15) is 0 Å². The lowest BCUT2D eigenvalue weighted by molar-refractivity contribution is 0.207. The first-order valence-corrected chi connectivity index (χ1v) is 7.35. The summed E-state index contributed by atoms with van der Waals surface area (Å²) in [6.45, 7) is 2.29. The number of para-hydroxylation sites is 1. The third kappa shape index (κ3) is 3.44. The monoisotopic (exact) mass is 279 g/mol. The zero-order valence-corrected chi connectivity index (χ0v) is 12.5. The molecule has 1 N–H and O–H groups in total. The summed E-state index contributed by atoms with van der Waals surface area (Å²) in [6, 6.07) is 6.62. The highest BCUT2D eigenvalue weighted by Crippen LogP contribution is 2.33. The predicted molar refractivity (Wildman–Crippen MR) is 79.3 cm³/mol. The Bertz CT molecular complexity index is 422. The molecule has 1 unspecified atom stereocenters. The van der Waals surface area contributed by atoms with Gasteiger partial charge in [0.15, 0.2) is 11.5 Å². The van der Waals surface area contributed by atoms with Crippen molar-refractivity contribution in [3.05, 3.63) is 23.8 Å². The maximum atomic E-state index is 9.00. The van der Waals surface area contributed by atoms with Crippen molar-refractivity contribution in [1.29, 1.82) is 0 Å². The standard InChI is InChI=1S/C16H25NO3/c1-19-15-9-3-6-13(16(15)20-2)12-17-10-4-7-14(17)8-5-11-18/h3,6,9,14,18H,4-5,7-8,10-12H2,1-2H3. The number of nitrogens with zero attached hydrogens (tertiary/aromatic N) is 1. The number of aliphatic hydroxyl groups excluding tert-OH is 1. The van der Waals surface area contributed by atoms with E-state index in [0.717, 1.165) is 37.4 Å². The van der Waals surface area contributed by atoms with Crippen LogP contribution in [-0.2, 0) is 6.54 Å². The normalized spacial score (nSPS) is 19.2. The van der Waals surface area contributed by atoms with Gasteiger partial charge >= 0.3 is 0 Å². The second kappa shape index (κ2) is 7.50. The van der Waals surface area contributed by atoms with Crippen molar-refractivity contribution in [2.45, 2.75) is 38.3 Å². The van der Waals surface area contributed by atoms with Gasteiger partial charge in [-0.15, -0.1) is 0 Å². The van der Waals surface area contributed by atoms with Crippen LogP contribution in [0.4, 0.5) is 0 Å². The number of aliphatic hydroxyl groups is 1. The molecule has 112 valence electrons. The van der Waals surface area contributed by atoms with E-state index in [1.807, 2.05) is 12.1 Å². The van der Waals surface area contributed by atoms with Gasteiger partial charge in [-0.25, -0.2) is 0 Å². The Kier molecular flexibility index (Phi) is 5.68. The SMILES string of the molecule is COc1cccc(CN2CCCC2CCCO)c1OC. The molecular weight excluding hydrogens is 254 g/mol.